The highest BCUT2D eigenvalue weighted by atomic mass is 16.3. The van der Waals surface area contributed by atoms with Crippen molar-refractivity contribution in [3.63, 3.8) is 0 Å². The van der Waals surface area contributed by atoms with Gasteiger partial charge in [0.25, 0.3) is 0 Å². The van der Waals surface area contributed by atoms with E-state index in [9.17, 15) is 25.2 Å². The summed E-state index contributed by atoms with van der Waals surface area (Å²) >= 11 is 0. The largest absolute Gasteiger partial charge is 0.394 e. The first-order valence-corrected chi connectivity index (χ1v) is 21.2. The first-order chi connectivity index (χ1) is 25.0. The third kappa shape index (κ3) is 33.6. The minimum Gasteiger partial charge on any atom is -0.394 e. The summed E-state index contributed by atoms with van der Waals surface area (Å²) in [6.07, 6.45) is 48.1. The Hall–Kier alpha value is -1.99. The first kappa shape index (κ1) is 49.0. The molecule has 296 valence electrons. The Morgan fingerprint density at radius 3 is 1.39 bits per heavy atom. The van der Waals surface area contributed by atoms with Gasteiger partial charge in [0.1, 0.15) is 12.2 Å². The molecule has 6 heteroatoms. The average Bonchev–Trinajstić information content (AvgIpc) is 3.13. The molecular weight excluding hydrogens is 634 g/mol. The molecule has 0 aromatic carbocycles. The minimum atomic E-state index is -1.30. The molecule has 0 rings (SSSR count). The topological polar surface area (TPSA) is 110 Å². The van der Waals surface area contributed by atoms with Gasteiger partial charge in [0.05, 0.1) is 18.8 Å². The highest BCUT2D eigenvalue weighted by Crippen LogP contribution is 2.14. The van der Waals surface area contributed by atoms with Crippen LogP contribution in [0, 0.1) is 0 Å². The van der Waals surface area contributed by atoms with Crippen molar-refractivity contribution < 1.29 is 25.2 Å². The second-order valence-corrected chi connectivity index (χ2v) is 14.3. The van der Waals surface area contributed by atoms with Gasteiger partial charge in [-0.15, -0.1) is 0 Å². The molecule has 6 nitrogen and oxygen atoms in total. The number of allylic oxidation sites excluding steroid dienone is 10. The van der Waals surface area contributed by atoms with E-state index < -0.39 is 36.9 Å². The molecule has 4 unspecified atom stereocenters. The molecule has 0 fully saturated rings. The summed E-state index contributed by atoms with van der Waals surface area (Å²) in [7, 11) is 0. The molecule has 0 saturated carbocycles. The highest BCUT2D eigenvalue weighted by Gasteiger charge is 2.28. The van der Waals surface area contributed by atoms with E-state index in [1.165, 1.54) is 96.3 Å². The molecule has 51 heavy (non-hydrogen) atoms. The molecule has 4 atom stereocenters. The lowest BCUT2D eigenvalue weighted by atomic mass is 10.00. The smallest absolute Gasteiger partial charge is 0.249 e. The summed E-state index contributed by atoms with van der Waals surface area (Å²) in [6.45, 7) is 3.97. The number of carbonyl (C=O) groups is 1. The molecule has 0 bridgehead atoms. The Kier molecular flexibility index (Phi) is 37.7. The van der Waals surface area contributed by atoms with Crippen LogP contribution >= 0.6 is 0 Å². The number of nitrogens with one attached hydrogen (secondary N) is 1. The second-order valence-electron chi connectivity index (χ2n) is 14.3. The third-order valence-electron chi connectivity index (χ3n) is 9.43. The SMILES string of the molecule is CCCCC/C=C\C=C/CCCCCCCCCCCC(O)C(=O)NC(CO)C(O)C(O)CCC/C=C/CC/C=C/CC/C=C/CCCCCC. The Balaban J connectivity index is 3.87. The monoisotopic (exact) mass is 716 g/mol. The van der Waals surface area contributed by atoms with Crippen LogP contribution in [0.4, 0.5) is 0 Å². The number of amides is 1. The lowest BCUT2D eigenvalue weighted by Crippen LogP contribution is -2.53. The van der Waals surface area contributed by atoms with E-state index in [-0.39, 0.29) is 0 Å². The van der Waals surface area contributed by atoms with Crippen LogP contribution in [0.3, 0.4) is 0 Å². The lowest BCUT2D eigenvalue weighted by Gasteiger charge is -2.27. The van der Waals surface area contributed by atoms with Crippen LogP contribution in [-0.4, -0.2) is 57.3 Å². The molecule has 0 aromatic rings. The van der Waals surface area contributed by atoms with E-state index in [0.29, 0.717) is 19.3 Å². The maximum absolute atomic E-state index is 12.5. The molecule has 0 aromatic heterocycles. The van der Waals surface area contributed by atoms with Crippen molar-refractivity contribution >= 4 is 5.91 Å². The van der Waals surface area contributed by atoms with Crippen LogP contribution in [0.25, 0.3) is 0 Å². The first-order valence-electron chi connectivity index (χ1n) is 21.2. The highest BCUT2D eigenvalue weighted by molar-refractivity contribution is 5.80. The fraction of sp³-hybridized carbons (Fsp3) is 0.756. The fourth-order valence-electron chi connectivity index (χ4n) is 6.01. The van der Waals surface area contributed by atoms with E-state index in [2.05, 4.69) is 79.9 Å². The van der Waals surface area contributed by atoms with Gasteiger partial charge in [-0.05, 0) is 89.9 Å². The van der Waals surface area contributed by atoms with Gasteiger partial charge in [0.15, 0.2) is 0 Å². The van der Waals surface area contributed by atoms with Crippen LogP contribution < -0.4 is 5.32 Å². The zero-order chi connectivity index (χ0) is 37.5. The Morgan fingerprint density at radius 1 is 0.490 bits per heavy atom. The fourth-order valence-corrected chi connectivity index (χ4v) is 6.01. The number of hydrogen-bond acceptors (Lipinski definition) is 5. The van der Waals surface area contributed by atoms with Crippen molar-refractivity contribution in [3.05, 3.63) is 60.8 Å². The number of carbonyl (C=O) groups excluding carboxylic acids is 1. The van der Waals surface area contributed by atoms with Crippen LogP contribution in [0.1, 0.15) is 187 Å². The predicted molar refractivity (Wildman–Crippen MR) is 219 cm³/mol. The molecule has 0 aliphatic rings. The van der Waals surface area contributed by atoms with E-state index in [1.54, 1.807) is 0 Å². The predicted octanol–water partition coefficient (Wildman–Crippen LogP) is 10.9. The van der Waals surface area contributed by atoms with Gasteiger partial charge in [0.2, 0.25) is 5.91 Å². The van der Waals surface area contributed by atoms with Gasteiger partial charge in [-0.1, -0.05) is 158 Å². The molecule has 0 aliphatic carbocycles. The van der Waals surface area contributed by atoms with Crippen molar-refractivity contribution in [3.8, 4) is 0 Å². The molecule has 1 amide bonds. The molecule has 0 aliphatic heterocycles. The van der Waals surface area contributed by atoms with Gasteiger partial charge in [-0.25, -0.2) is 0 Å². The number of hydrogen-bond donors (Lipinski definition) is 5. The van der Waals surface area contributed by atoms with Gasteiger partial charge in [-0.3, -0.25) is 4.79 Å². The van der Waals surface area contributed by atoms with Gasteiger partial charge in [-0.2, -0.15) is 0 Å². The maximum Gasteiger partial charge on any atom is 0.249 e. The molecule has 0 saturated heterocycles. The van der Waals surface area contributed by atoms with Gasteiger partial charge >= 0.3 is 0 Å². The number of aliphatic hydroxyl groups is 4. The normalized spacial score (nSPS) is 14.9. The summed E-state index contributed by atoms with van der Waals surface area (Å²) in [4.78, 5) is 12.5. The average molecular weight is 716 g/mol. The van der Waals surface area contributed by atoms with Crippen LogP contribution in [0.5, 0.6) is 0 Å². The van der Waals surface area contributed by atoms with Crippen molar-refractivity contribution in [2.24, 2.45) is 0 Å². The number of aliphatic hydroxyl groups excluding tert-OH is 4. The zero-order valence-electron chi connectivity index (χ0n) is 33.1. The van der Waals surface area contributed by atoms with Crippen LogP contribution in [0.15, 0.2) is 60.8 Å². The molecule has 5 N–H and O–H groups in total. The van der Waals surface area contributed by atoms with Gasteiger partial charge in [0, 0.05) is 0 Å². The zero-order valence-corrected chi connectivity index (χ0v) is 33.1. The standard InChI is InChI=1S/C45H81NO5/c1-3-5-7-9-11-13-15-17-19-21-23-25-27-29-31-33-35-37-39-43(49)45(51)46-41(40-47)44(50)42(48)38-36-34-32-30-28-26-24-22-20-18-16-14-12-10-8-6-4-2/h11,13-17,22,24,30,32,41-44,47-50H,3-10,12,18-21,23,25-29,31,33-40H2,1-2H3,(H,46,51)/b13-11-,16-14+,17-15-,24-22+,32-30+. The Bertz CT molecular complexity index is 895. The second kappa shape index (κ2) is 39.2. The molecule has 0 heterocycles. The van der Waals surface area contributed by atoms with Crippen molar-refractivity contribution in [2.45, 2.75) is 212 Å². The van der Waals surface area contributed by atoms with E-state index in [1.807, 2.05) is 0 Å². The molecule has 0 spiro atoms. The van der Waals surface area contributed by atoms with Crippen molar-refractivity contribution in [2.75, 3.05) is 6.61 Å². The Labute approximate surface area is 314 Å². The maximum atomic E-state index is 12.5. The third-order valence-corrected chi connectivity index (χ3v) is 9.43. The summed E-state index contributed by atoms with van der Waals surface area (Å²) < 4.78 is 0. The van der Waals surface area contributed by atoms with Crippen molar-refractivity contribution in [1.29, 1.82) is 0 Å². The molecule has 0 radical (unpaired) electrons. The van der Waals surface area contributed by atoms with Crippen LogP contribution in [-0.2, 0) is 4.79 Å². The van der Waals surface area contributed by atoms with E-state index in [4.69, 9.17) is 0 Å². The van der Waals surface area contributed by atoms with E-state index in [0.717, 1.165) is 57.8 Å². The summed E-state index contributed by atoms with van der Waals surface area (Å²) in [5.41, 5.74) is 0. The van der Waals surface area contributed by atoms with Gasteiger partial charge < -0.3 is 25.7 Å². The van der Waals surface area contributed by atoms with Crippen LogP contribution in [0.2, 0.25) is 0 Å². The minimum absolute atomic E-state index is 0.350. The molecular formula is C45H81NO5. The Morgan fingerprint density at radius 2 is 0.882 bits per heavy atom. The summed E-state index contributed by atoms with van der Waals surface area (Å²) in [5.74, 6) is -0.607. The van der Waals surface area contributed by atoms with Crippen molar-refractivity contribution in [1.82, 2.24) is 5.32 Å². The van der Waals surface area contributed by atoms with E-state index >= 15 is 0 Å². The number of rotatable bonds is 37. The number of unbranched alkanes of at least 4 members (excludes halogenated alkanes) is 19. The lowest BCUT2D eigenvalue weighted by molar-refractivity contribution is -0.132. The summed E-state index contributed by atoms with van der Waals surface area (Å²) in [6, 6.07) is -1.01. The quantitative estimate of drug-likeness (QED) is 0.0250. The summed E-state index contributed by atoms with van der Waals surface area (Å²) in [5, 5.41) is 43.6.